The minimum Gasteiger partial charge on any atom is -0.480 e. The zero-order chi connectivity index (χ0) is 18.9. The largest absolute Gasteiger partial charge is 0.480 e. The molecule has 0 radical (unpaired) electrons. The molecule has 3 rings (SSSR count). The van der Waals surface area contributed by atoms with Crippen molar-refractivity contribution < 1.29 is 22.8 Å². The second kappa shape index (κ2) is 7.24. The minimum absolute atomic E-state index is 0.0546. The van der Waals surface area contributed by atoms with Crippen LogP contribution in [0.25, 0.3) is 0 Å². The Morgan fingerprint density at radius 1 is 1.27 bits per heavy atom. The number of nitrogens with one attached hydrogen (secondary N) is 1. The van der Waals surface area contributed by atoms with Crippen LogP contribution in [0, 0.1) is 0 Å². The van der Waals surface area contributed by atoms with E-state index in [1.807, 2.05) is 0 Å². The Morgan fingerprint density at radius 3 is 2.62 bits per heavy atom. The highest BCUT2D eigenvalue weighted by Gasteiger charge is 2.29. The molecule has 0 aromatic heterocycles. The van der Waals surface area contributed by atoms with Crippen LogP contribution in [0.3, 0.4) is 0 Å². The van der Waals surface area contributed by atoms with E-state index >= 15 is 0 Å². The molecule has 0 aliphatic carbocycles. The number of hydrogen-bond donors (Lipinski definition) is 1. The van der Waals surface area contributed by atoms with Crippen LogP contribution in [-0.4, -0.2) is 39.1 Å². The van der Waals surface area contributed by atoms with Gasteiger partial charge >= 0.3 is 0 Å². The van der Waals surface area contributed by atoms with Crippen LogP contribution < -0.4 is 10.1 Å². The first-order valence-corrected chi connectivity index (χ1v) is 9.52. The van der Waals surface area contributed by atoms with E-state index in [0.717, 1.165) is 10.0 Å². The fourth-order valence-corrected chi connectivity index (χ4v) is 3.71. The van der Waals surface area contributed by atoms with Crippen molar-refractivity contribution in [2.45, 2.75) is 17.4 Å². The first kappa shape index (κ1) is 18.7. The van der Waals surface area contributed by atoms with Gasteiger partial charge in [0, 0.05) is 24.2 Å². The third-order valence-corrected chi connectivity index (χ3v) is 5.93. The van der Waals surface area contributed by atoms with Crippen molar-refractivity contribution >= 4 is 33.2 Å². The highest BCUT2D eigenvalue weighted by atomic mass is 35.5. The Balaban J connectivity index is 1.68. The van der Waals surface area contributed by atoms with Gasteiger partial charge in [0.05, 0.1) is 12.0 Å². The van der Waals surface area contributed by atoms with Crippen LogP contribution in [0.2, 0.25) is 5.02 Å². The second-order valence-corrected chi connectivity index (χ2v) is 8.05. The molecule has 1 aliphatic rings. The number of ether oxygens (including phenoxy) is 1. The number of anilines is 1. The van der Waals surface area contributed by atoms with Gasteiger partial charge in [0.15, 0.2) is 6.10 Å². The molecule has 2 aromatic carbocycles. The number of sulfonamides is 1. The zero-order valence-corrected chi connectivity index (χ0v) is 15.7. The molecule has 0 saturated heterocycles. The number of carbonyl (C=O) groups is 1. The Bertz CT molecular complexity index is 931. The van der Waals surface area contributed by atoms with E-state index < -0.39 is 16.1 Å². The number of carbonyl (C=O) groups excluding carboxylic acids is 1. The highest BCUT2D eigenvalue weighted by Crippen LogP contribution is 2.31. The van der Waals surface area contributed by atoms with Gasteiger partial charge in [-0.05, 0) is 48.0 Å². The molecule has 1 amide bonds. The molecule has 138 valence electrons. The van der Waals surface area contributed by atoms with Gasteiger partial charge in [0.1, 0.15) is 5.75 Å². The van der Waals surface area contributed by atoms with Crippen molar-refractivity contribution in [3.05, 3.63) is 53.1 Å². The van der Waals surface area contributed by atoms with Crippen molar-refractivity contribution in [2.75, 3.05) is 19.5 Å². The molecule has 0 bridgehead atoms. The van der Waals surface area contributed by atoms with E-state index in [-0.39, 0.29) is 10.8 Å². The predicted molar refractivity (Wildman–Crippen MR) is 96.6 cm³/mol. The average Bonchev–Trinajstić information content (AvgIpc) is 3.04. The number of benzene rings is 2. The Kier molecular flexibility index (Phi) is 5.19. The molecule has 0 spiro atoms. The summed E-state index contributed by atoms with van der Waals surface area (Å²) in [6.07, 6.45) is -0.237. The number of halogens is 1. The summed E-state index contributed by atoms with van der Waals surface area (Å²) < 4.78 is 30.7. The molecule has 9 heteroatoms. The summed E-state index contributed by atoms with van der Waals surface area (Å²) in [6, 6.07) is 11.0. The number of hydrogen-bond acceptors (Lipinski definition) is 5. The third kappa shape index (κ3) is 3.68. The summed E-state index contributed by atoms with van der Waals surface area (Å²) in [7, 11) is -1.17. The quantitative estimate of drug-likeness (QED) is 0.785. The van der Waals surface area contributed by atoms with Crippen LogP contribution >= 0.6 is 11.6 Å². The van der Waals surface area contributed by atoms with E-state index in [0.29, 0.717) is 22.9 Å². The molecule has 1 aliphatic heterocycles. The van der Waals surface area contributed by atoms with Gasteiger partial charge < -0.3 is 10.1 Å². The van der Waals surface area contributed by atoms with Gasteiger partial charge in [-0.3, -0.25) is 9.63 Å². The van der Waals surface area contributed by atoms with Crippen molar-refractivity contribution in [1.82, 2.24) is 4.47 Å². The maximum Gasteiger partial charge on any atom is 0.265 e. The lowest BCUT2D eigenvalue weighted by atomic mass is 10.1. The number of amides is 1. The molecule has 0 fully saturated rings. The minimum atomic E-state index is -3.73. The fraction of sp³-hybridized carbons (Fsp3) is 0.235. The lowest BCUT2D eigenvalue weighted by molar-refractivity contribution is -0.122. The lowest BCUT2D eigenvalue weighted by Crippen LogP contribution is -2.31. The van der Waals surface area contributed by atoms with Crippen molar-refractivity contribution in [1.29, 1.82) is 0 Å². The van der Waals surface area contributed by atoms with Gasteiger partial charge in [0.2, 0.25) is 0 Å². The molecule has 1 heterocycles. The summed E-state index contributed by atoms with van der Waals surface area (Å²) in [6.45, 7) is 0. The average molecular weight is 397 g/mol. The molecular weight excluding hydrogens is 380 g/mol. The van der Waals surface area contributed by atoms with E-state index in [4.69, 9.17) is 21.2 Å². The topological polar surface area (TPSA) is 84.9 Å². The van der Waals surface area contributed by atoms with Gasteiger partial charge in [0.25, 0.3) is 15.9 Å². The van der Waals surface area contributed by atoms with Gasteiger partial charge in [-0.15, -0.1) is 0 Å². The fourth-order valence-electron chi connectivity index (χ4n) is 2.54. The van der Waals surface area contributed by atoms with Crippen LogP contribution in [0.15, 0.2) is 47.4 Å². The van der Waals surface area contributed by atoms with Crippen molar-refractivity contribution in [3.63, 3.8) is 0 Å². The Hall–Kier alpha value is -2.13. The van der Waals surface area contributed by atoms with E-state index in [9.17, 15) is 13.2 Å². The standard InChI is InChI=1S/C17H17ClN2O5S/c1-20(24-2)26(22,23)14-6-4-13(5-7-14)19-17(21)16-10-11-9-12(18)3-8-15(11)25-16/h3-9,16H,10H2,1-2H3,(H,19,21)/t16-/m0/s1. The molecule has 7 nitrogen and oxygen atoms in total. The summed E-state index contributed by atoms with van der Waals surface area (Å²) in [4.78, 5) is 17.2. The van der Waals surface area contributed by atoms with Crippen molar-refractivity contribution in [2.24, 2.45) is 0 Å². The molecule has 2 aromatic rings. The van der Waals surface area contributed by atoms with Gasteiger partial charge in [-0.1, -0.05) is 16.1 Å². The Labute approximate surface area is 156 Å². The Morgan fingerprint density at radius 2 is 1.96 bits per heavy atom. The zero-order valence-electron chi connectivity index (χ0n) is 14.1. The number of nitrogens with zero attached hydrogens (tertiary/aromatic N) is 1. The maximum atomic E-state index is 12.4. The van der Waals surface area contributed by atoms with Crippen LogP contribution in [-0.2, 0) is 26.1 Å². The smallest absolute Gasteiger partial charge is 0.265 e. The second-order valence-electron chi connectivity index (χ2n) is 5.67. The normalized spacial score (nSPS) is 16.2. The third-order valence-electron chi connectivity index (χ3n) is 4.00. The first-order valence-electron chi connectivity index (χ1n) is 7.70. The summed E-state index contributed by atoms with van der Waals surface area (Å²) in [5.41, 5.74) is 1.34. The van der Waals surface area contributed by atoms with Crippen LogP contribution in [0.5, 0.6) is 5.75 Å². The molecule has 1 N–H and O–H groups in total. The van der Waals surface area contributed by atoms with Crippen molar-refractivity contribution in [3.8, 4) is 5.75 Å². The first-order chi connectivity index (χ1) is 12.3. The number of rotatable bonds is 5. The lowest BCUT2D eigenvalue weighted by Gasteiger charge is -2.15. The molecule has 0 unspecified atom stereocenters. The maximum absolute atomic E-state index is 12.4. The summed E-state index contributed by atoms with van der Waals surface area (Å²) in [5, 5.41) is 3.31. The molecule has 26 heavy (non-hydrogen) atoms. The molecule has 1 atom stereocenters. The number of fused-ring (bicyclic) bond motifs is 1. The predicted octanol–water partition coefficient (Wildman–Crippen LogP) is 2.46. The van der Waals surface area contributed by atoms with E-state index in [1.54, 1.807) is 18.2 Å². The monoisotopic (exact) mass is 396 g/mol. The van der Waals surface area contributed by atoms with E-state index in [2.05, 4.69) is 5.32 Å². The SMILES string of the molecule is CON(C)S(=O)(=O)c1ccc(NC(=O)[C@@H]2Cc3cc(Cl)ccc3O2)cc1. The molecular formula is C17H17ClN2O5S. The van der Waals surface area contributed by atoms with Gasteiger partial charge in [-0.2, -0.15) is 0 Å². The number of hydroxylamine groups is 1. The van der Waals surface area contributed by atoms with Crippen LogP contribution in [0.1, 0.15) is 5.56 Å². The van der Waals surface area contributed by atoms with Gasteiger partial charge in [-0.25, -0.2) is 8.42 Å². The molecule has 0 saturated carbocycles. The van der Waals surface area contributed by atoms with Crippen LogP contribution in [0.4, 0.5) is 5.69 Å². The summed E-state index contributed by atoms with van der Waals surface area (Å²) >= 11 is 5.95. The van der Waals surface area contributed by atoms with E-state index in [1.165, 1.54) is 38.4 Å². The highest BCUT2D eigenvalue weighted by molar-refractivity contribution is 7.89. The summed E-state index contributed by atoms with van der Waals surface area (Å²) in [5.74, 6) is 0.320.